The van der Waals surface area contributed by atoms with Gasteiger partial charge in [-0.2, -0.15) is 0 Å². The summed E-state index contributed by atoms with van der Waals surface area (Å²) in [5.41, 5.74) is -9.45. The van der Waals surface area contributed by atoms with Gasteiger partial charge in [-0.15, -0.1) is 0 Å². The summed E-state index contributed by atoms with van der Waals surface area (Å²) < 4.78 is 0. The van der Waals surface area contributed by atoms with Crippen LogP contribution in [-0.4, -0.2) is 133 Å². The average Bonchev–Trinajstić information content (AvgIpc) is 3.06. The van der Waals surface area contributed by atoms with Gasteiger partial charge in [0.05, 0.1) is 66.8 Å². The molecule has 0 unspecified atom stereocenters. The SMILES string of the molecule is O=C(O)c1cc(C(=O)O)c(C(=O)O)cc1C(=O)O.O=C(O)c1cc(C(=O)O)c(C(=O)O)cc1C(=O)O.O=C(O)c1cc(C(=O)O)c(C(=O)O)cc1C(=O)O.[Eu].[Eu].[Eu].[Eu]. The fraction of sp³-hybridized carbons (Fsp3) is 0. The van der Waals surface area contributed by atoms with Crippen LogP contribution in [0.25, 0.3) is 0 Å². The fourth-order valence-electron chi connectivity index (χ4n) is 3.92. The Bertz CT molecular complexity index is 1690. The second kappa shape index (κ2) is 27.5. The second-order valence-electron chi connectivity index (χ2n) is 9.49. The Morgan fingerprint density at radius 3 is 0.276 bits per heavy atom. The van der Waals surface area contributed by atoms with Crippen molar-refractivity contribution < 1.29 is 316 Å². The van der Waals surface area contributed by atoms with E-state index < -0.39 is 138 Å². The van der Waals surface area contributed by atoms with Crippen molar-refractivity contribution in [3.8, 4) is 0 Å². The predicted molar refractivity (Wildman–Crippen MR) is 163 cm³/mol. The Morgan fingerprint density at radius 2 is 0.241 bits per heavy atom. The van der Waals surface area contributed by atoms with Crippen molar-refractivity contribution in [2.75, 3.05) is 0 Å². The van der Waals surface area contributed by atoms with Gasteiger partial charge in [-0.25, -0.2) is 57.5 Å². The van der Waals surface area contributed by atoms with Crippen molar-refractivity contribution in [2.45, 2.75) is 0 Å². The third kappa shape index (κ3) is 16.9. The first-order valence-corrected chi connectivity index (χ1v) is 13.1. The van der Waals surface area contributed by atoms with E-state index in [1.807, 2.05) is 0 Å². The normalized spacial score (nSPS) is 9.10. The molecule has 12 N–H and O–H groups in total. The van der Waals surface area contributed by atoms with E-state index in [0.29, 0.717) is 36.4 Å². The number of hydrogen-bond donors (Lipinski definition) is 12. The van der Waals surface area contributed by atoms with Crippen LogP contribution in [0, 0.1) is 198 Å². The summed E-state index contributed by atoms with van der Waals surface area (Å²) in [6.45, 7) is 0. The molecule has 0 fully saturated rings. The smallest absolute Gasteiger partial charge is 0.336 e. The molecule has 0 aliphatic carbocycles. The number of carboxylic acid groups (broad SMARTS) is 12. The van der Waals surface area contributed by atoms with E-state index in [1.165, 1.54) is 0 Å². The molecule has 0 heterocycles. The van der Waals surface area contributed by atoms with Gasteiger partial charge in [-0.3, -0.25) is 0 Å². The Hall–Kier alpha value is -2.36. The molecule has 0 bridgehead atoms. The molecular formula is C30H18Eu4O24. The zero-order valence-electron chi connectivity index (χ0n) is 27.2. The van der Waals surface area contributed by atoms with E-state index in [4.69, 9.17) is 61.3 Å². The molecule has 0 aromatic heterocycles. The van der Waals surface area contributed by atoms with E-state index in [9.17, 15) is 57.5 Å². The molecule has 0 spiro atoms. The van der Waals surface area contributed by atoms with E-state index in [2.05, 4.69) is 0 Å². The molecule has 0 saturated carbocycles. The number of rotatable bonds is 12. The molecule has 3 rings (SSSR count). The largest absolute Gasteiger partial charge is 0.478 e. The van der Waals surface area contributed by atoms with Crippen LogP contribution < -0.4 is 0 Å². The summed E-state index contributed by atoms with van der Waals surface area (Å²) in [6.07, 6.45) is 0. The Labute approximate surface area is 482 Å². The van der Waals surface area contributed by atoms with Crippen LogP contribution in [0.1, 0.15) is 124 Å². The summed E-state index contributed by atoms with van der Waals surface area (Å²) in [6, 6.07) is 3.07. The molecule has 0 atom stereocenters. The van der Waals surface area contributed by atoms with E-state index in [0.717, 1.165) is 0 Å². The van der Waals surface area contributed by atoms with Gasteiger partial charge in [0.1, 0.15) is 0 Å². The molecule has 0 saturated heterocycles. The minimum absolute atomic E-state index is 0. The molecule has 0 amide bonds. The fourth-order valence-corrected chi connectivity index (χ4v) is 3.92. The first-order valence-electron chi connectivity index (χ1n) is 13.1. The molecule has 0 aliphatic rings. The van der Waals surface area contributed by atoms with Gasteiger partial charge in [-0.05, 0) is 36.4 Å². The van der Waals surface area contributed by atoms with Gasteiger partial charge in [0, 0.05) is 198 Å². The van der Waals surface area contributed by atoms with Gasteiger partial charge in [0.2, 0.25) is 0 Å². The minimum Gasteiger partial charge on any atom is -0.478 e. The van der Waals surface area contributed by atoms with Crippen LogP contribution in [0.5, 0.6) is 0 Å². The van der Waals surface area contributed by atoms with E-state index in [-0.39, 0.29) is 198 Å². The maximum atomic E-state index is 10.8. The van der Waals surface area contributed by atoms with Crippen molar-refractivity contribution >= 4 is 71.6 Å². The van der Waals surface area contributed by atoms with Crippen LogP contribution in [0.3, 0.4) is 0 Å². The third-order valence-electron chi connectivity index (χ3n) is 6.24. The number of carboxylic acids is 12. The Morgan fingerprint density at radius 1 is 0.190 bits per heavy atom. The topological polar surface area (TPSA) is 448 Å². The molecule has 3 aromatic carbocycles. The summed E-state index contributed by atoms with van der Waals surface area (Å²) in [5.74, 6) is -19.9. The minimum atomic E-state index is -1.66. The monoisotopic (exact) mass is 1370 g/mol. The predicted octanol–water partition coefficient (Wildman–Crippen LogP) is 1.44. The van der Waals surface area contributed by atoms with Crippen LogP contribution >= 0.6 is 0 Å². The molecule has 28 heteroatoms. The number of aromatic carboxylic acids is 12. The number of benzene rings is 3. The summed E-state index contributed by atoms with van der Waals surface area (Å²) in [4.78, 5) is 129. The van der Waals surface area contributed by atoms with Gasteiger partial charge in [0.15, 0.2) is 0 Å². The average molecular weight is 1370 g/mol. The molecule has 3 aromatic rings. The van der Waals surface area contributed by atoms with Crippen molar-refractivity contribution in [3.05, 3.63) is 103 Å². The van der Waals surface area contributed by atoms with Crippen molar-refractivity contribution in [2.24, 2.45) is 0 Å². The van der Waals surface area contributed by atoms with Crippen molar-refractivity contribution in [1.29, 1.82) is 0 Å². The maximum Gasteiger partial charge on any atom is 0.336 e. The molecular weight excluding hydrogens is 1350 g/mol. The molecule has 4 radical (unpaired) electrons. The molecule has 0 aliphatic heterocycles. The third-order valence-corrected chi connectivity index (χ3v) is 6.24. The van der Waals surface area contributed by atoms with Crippen molar-refractivity contribution in [1.82, 2.24) is 0 Å². The summed E-state index contributed by atoms with van der Waals surface area (Å²) >= 11 is 0. The second-order valence-corrected chi connectivity index (χ2v) is 9.49. The maximum absolute atomic E-state index is 10.8. The van der Waals surface area contributed by atoms with Gasteiger partial charge < -0.3 is 61.3 Å². The van der Waals surface area contributed by atoms with Crippen molar-refractivity contribution in [3.63, 3.8) is 0 Å². The van der Waals surface area contributed by atoms with Crippen LogP contribution in [0.4, 0.5) is 0 Å². The zero-order valence-corrected chi connectivity index (χ0v) is 36.9. The van der Waals surface area contributed by atoms with E-state index >= 15 is 0 Å². The van der Waals surface area contributed by atoms with E-state index in [1.54, 1.807) is 0 Å². The number of hydrogen-bond acceptors (Lipinski definition) is 12. The van der Waals surface area contributed by atoms with Crippen LogP contribution in [0.15, 0.2) is 36.4 Å². The Kier molecular flexibility index (Phi) is 29.5. The van der Waals surface area contributed by atoms with Crippen LogP contribution in [-0.2, 0) is 0 Å². The standard InChI is InChI=1S/3C10H6O8.4Eu/c3*11-7(12)3-1-4(8(13)14)6(10(17)18)2-5(3)9(15)16;;;;/h3*1-2H,(H,11,12)(H,13,14)(H,15,16)(H,17,18);;;;. The first-order chi connectivity index (χ1) is 24.8. The Balaban J connectivity index is -0.000000364. The number of carbonyl (C=O) groups is 12. The summed E-state index contributed by atoms with van der Waals surface area (Å²) in [7, 11) is 0. The first kappa shape index (κ1) is 62.3. The molecule has 310 valence electrons. The van der Waals surface area contributed by atoms with Gasteiger partial charge >= 0.3 is 71.6 Å². The summed E-state index contributed by atoms with van der Waals surface area (Å²) in [5, 5.41) is 105. The zero-order chi connectivity index (χ0) is 42.1. The molecule has 58 heavy (non-hydrogen) atoms. The quantitative estimate of drug-likeness (QED) is 0.122. The molecule has 24 nitrogen and oxygen atoms in total. The van der Waals surface area contributed by atoms with Crippen LogP contribution in [0.2, 0.25) is 0 Å². The van der Waals surface area contributed by atoms with Gasteiger partial charge in [-0.1, -0.05) is 0 Å². The van der Waals surface area contributed by atoms with Gasteiger partial charge in [0.25, 0.3) is 0 Å².